The molecule has 1 aromatic carbocycles. The zero-order valence-electron chi connectivity index (χ0n) is 22.7. The van der Waals surface area contributed by atoms with E-state index in [9.17, 15) is 9.90 Å². The summed E-state index contributed by atoms with van der Waals surface area (Å²) in [5.74, 6) is 0.747. The molecule has 6 nitrogen and oxygen atoms in total. The van der Waals surface area contributed by atoms with Crippen LogP contribution >= 0.6 is 0 Å². The third kappa shape index (κ3) is 6.34. The largest absolute Gasteiger partial charge is 0.389 e. The lowest BCUT2D eigenvalue weighted by atomic mass is 9.57. The van der Waals surface area contributed by atoms with E-state index in [0.717, 1.165) is 38.8 Å². The second-order valence-corrected chi connectivity index (χ2v) is 11.2. The van der Waals surface area contributed by atoms with Gasteiger partial charge in [0.25, 0.3) is 0 Å². The van der Waals surface area contributed by atoms with E-state index in [2.05, 4.69) is 49.2 Å². The molecule has 1 amide bonds. The van der Waals surface area contributed by atoms with Crippen LogP contribution in [-0.4, -0.2) is 87.6 Å². The third-order valence-corrected chi connectivity index (χ3v) is 8.27. The summed E-state index contributed by atoms with van der Waals surface area (Å²) in [7, 11) is 7.20. The quantitative estimate of drug-likeness (QED) is 0.455. The molecular weight excluding hydrogens is 440 g/mol. The van der Waals surface area contributed by atoms with Gasteiger partial charge in [0, 0.05) is 40.3 Å². The van der Waals surface area contributed by atoms with Crippen LogP contribution in [0.3, 0.4) is 0 Å². The van der Waals surface area contributed by atoms with Crippen molar-refractivity contribution in [2.75, 3.05) is 61.2 Å². The first-order valence-electron chi connectivity index (χ1n) is 13.1. The Morgan fingerprint density at radius 1 is 1.09 bits per heavy atom. The van der Waals surface area contributed by atoms with E-state index in [4.69, 9.17) is 9.47 Å². The van der Waals surface area contributed by atoms with Crippen LogP contribution in [0, 0.1) is 17.3 Å². The van der Waals surface area contributed by atoms with Crippen LogP contribution in [0.5, 0.6) is 0 Å². The van der Waals surface area contributed by atoms with Gasteiger partial charge in [-0.25, -0.2) is 0 Å². The summed E-state index contributed by atoms with van der Waals surface area (Å²) in [5.41, 5.74) is 2.82. The molecule has 1 N–H and O–H groups in total. The van der Waals surface area contributed by atoms with Gasteiger partial charge in [0.05, 0.1) is 24.2 Å². The number of hydrogen-bond donors (Lipinski definition) is 1. The predicted molar refractivity (Wildman–Crippen MR) is 141 cm³/mol. The number of allylic oxidation sites excluding steroid dienone is 1. The minimum atomic E-state index is -0.671. The van der Waals surface area contributed by atoms with Crippen molar-refractivity contribution in [3.8, 4) is 0 Å². The zero-order valence-corrected chi connectivity index (χ0v) is 22.7. The molecule has 3 aliphatic carbocycles. The Bertz CT molecular complexity index is 865. The molecule has 4 rings (SSSR count). The normalized spacial score (nSPS) is 24.3. The molecule has 0 radical (unpaired) electrons. The van der Waals surface area contributed by atoms with E-state index in [1.807, 2.05) is 14.0 Å². The Kier molecular flexibility index (Phi) is 9.55. The lowest BCUT2D eigenvalue weighted by Gasteiger charge is -2.51. The zero-order chi connectivity index (χ0) is 25.6. The lowest BCUT2D eigenvalue weighted by molar-refractivity contribution is -0.146. The molecule has 2 bridgehead atoms. The summed E-state index contributed by atoms with van der Waals surface area (Å²) in [6.07, 6.45) is 4.80. The fraction of sp³-hybridized carbons (Fsp3) is 0.690. The van der Waals surface area contributed by atoms with E-state index >= 15 is 0 Å². The monoisotopic (exact) mass is 486 g/mol. The van der Waals surface area contributed by atoms with Gasteiger partial charge in [-0.05, 0) is 76.6 Å². The van der Waals surface area contributed by atoms with Crippen LogP contribution in [0.25, 0.3) is 5.57 Å². The van der Waals surface area contributed by atoms with Gasteiger partial charge in [0.2, 0.25) is 5.91 Å². The van der Waals surface area contributed by atoms with Crippen LogP contribution in [0.2, 0.25) is 0 Å². The Morgan fingerprint density at radius 3 is 2.37 bits per heavy atom. The van der Waals surface area contributed by atoms with Crippen molar-refractivity contribution in [3.05, 3.63) is 41.5 Å². The van der Waals surface area contributed by atoms with Gasteiger partial charge < -0.3 is 24.4 Å². The van der Waals surface area contributed by atoms with Crippen molar-refractivity contribution in [1.29, 1.82) is 0 Å². The Morgan fingerprint density at radius 2 is 1.74 bits per heavy atom. The highest BCUT2D eigenvalue weighted by Gasteiger charge is 2.49. The smallest absolute Gasteiger partial charge is 0.232 e. The number of aliphatic hydroxyl groups is 1. The van der Waals surface area contributed by atoms with Gasteiger partial charge in [0.15, 0.2) is 0 Å². The maximum Gasteiger partial charge on any atom is 0.232 e. The molecule has 0 aromatic heterocycles. The van der Waals surface area contributed by atoms with E-state index in [1.54, 1.807) is 19.1 Å². The molecule has 35 heavy (non-hydrogen) atoms. The third-order valence-electron chi connectivity index (χ3n) is 8.27. The number of amides is 1. The minimum absolute atomic E-state index is 0.0481. The van der Waals surface area contributed by atoms with E-state index in [0.29, 0.717) is 25.7 Å². The average Bonchev–Trinajstić information content (AvgIpc) is 2.84. The molecule has 3 atom stereocenters. The highest BCUT2D eigenvalue weighted by atomic mass is 16.5. The van der Waals surface area contributed by atoms with Crippen LogP contribution < -0.4 is 0 Å². The van der Waals surface area contributed by atoms with Gasteiger partial charge in [0.1, 0.15) is 0 Å². The summed E-state index contributed by atoms with van der Waals surface area (Å²) in [4.78, 5) is 17.0. The molecule has 0 aliphatic heterocycles. The maximum absolute atomic E-state index is 13.0. The molecule has 0 spiro atoms. The minimum Gasteiger partial charge on any atom is -0.389 e. The molecule has 3 aliphatic rings. The number of benzene rings is 1. The van der Waals surface area contributed by atoms with E-state index in [1.165, 1.54) is 23.1 Å². The summed E-state index contributed by atoms with van der Waals surface area (Å²) in [6, 6.07) is 10.6. The first-order chi connectivity index (χ1) is 16.6. The van der Waals surface area contributed by atoms with Crippen molar-refractivity contribution in [1.82, 2.24) is 9.80 Å². The molecule has 196 valence electrons. The van der Waals surface area contributed by atoms with E-state index < -0.39 is 11.0 Å². The molecule has 1 fully saturated rings. The van der Waals surface area contributed by atoms with E-state index in [-0.39, 0.29) is 11.8 Å². The van der Waals surface area contributed by atoms with Crippen LogP contribution in [0.15, 0.2) is 35.9 Å². The van der Waals surface area contributed by atoms with Crippen molar-refractivity contribution in [2.24, 2.45) is 17.3 Å². The Labute approximate surface area is 212 Å². The fourth-order valence-corrected chi connectivity index (χ4v) is 6.35. The highest BCUT2D eigenvalue weighted by molar-refractivity contribution is 5.82. The van der Waals surface area contributed by atoms with Crippen molar-refractivity contribution < 1.29 is 19.4 Å². The van der Waals surface area contributed by atoms with Crippen LogP contribution in [-0.2, 0) is 14.3 Å². The number of hydrogen-bond acceptors (Lipinski definition) is 5. The summed E-state index contributed by atoms with van der Waals surface area (Å²) >= 11 is 0. The van der Waals surface area contributed by atoms with Crippen LogP contribution in [0.1, 0.15) is 51.5 Å². The standard InChI is InChI=1S/C29H46N2O4/c1-22-24-13-14-25(26(22)23-11-8-7-9-12-23)29(33,19-24)15-18-30(3)16-10-17-31(4)27(32)28(2,20-34-5)21-35-6/h7-9,11-12,24-25,33H,10,13-21H2,1-6H3/t24-,25?,29-/m1/s1. The van der Waals surface area contributed by atoms with Crippen LogP contribution in [0.4, 0.5) is 0 Å². The first kappa shape index (κ1) is 27.9. The van der Waals surface area contributed by atoms with Gasteiger partial charge in [-0.15, -0.1) is 0 Å². The highest BCUT2D eigenvalue weighted by Crippen LogP contribution is 2.54. The van der Waals surface area contributed by atoms with Gasteiger partial charge in [-0.1, -0.05) is 35.9 Å². The maximum atomic E-state index is 13.0. The fourth-order valence-electron chi connectivity index (χ4n) is 6.35. The van der Waals surface area contributed by atoms with Crippen molar-refractivity contribution >= 4 is 11.5 Å². The summed E-state index contributed by atoms with van der Waals surface area (Å²) in [5, 5.41) is 11.8. The SMILES string of the molecule is COCC(C)(COC)C(=O)N(C)CCCN(C)CC[C@@]1(O)C[C@H]2CCC1C(c1ccccc1)=C2C. The van der Waals surface area contributed by atoms with Gasteiger partial charge in [-0.3, -0.25) is 4.79 Å². The number of methoxy groups -OCH3 is 2. The van der Waals surface area contributed by atoms with Gasteiger partial charge in [-0.2, -0.15) is 0 Å². The molecule has 0 heterocycles. The predicted octanol–water partition coefficient (Wildman–Crippen LogP) is 4.09. The Hall–Kier alpha value is -1.73. The molecule has 6 heteroatoms. The number of ether oxygens (including phenoxy) is 2. The number of fused-ring (bicyclic) bond motifs is 2. The van der Waals surface area contributed by atoms with Crippen molar-refractivity contribution in [2.45, 2.75) is 51.6 Å². The number of carbonyl (C=O) groups is 1. The molecular formula is C29H46N2O4. The second kappa shape index (κ2) is 12.0. The lowest BCUT2D eigenvalue weighted by Crippen LogP contribution is -2.49. The number of carbonyl (C=O) groups excluding carboxylic acids is 1. The average molecular weight is 487 g/mol. The molecule has 1 saturated carbocycles. The molecule has 1 aromatic rings. The van der Waals surface area contributed by atoms with Crippen molar-refractivity contribution in [3.63, 3.8) is 0 Å². The van der Waals surface area contributed by atoms with Gasteiger partial charge >= 0.3 is 0 Å². The Balaban J connectivity index is 1.52. The second-order valence-electron chi connectivity index (χ2n) is 11.2. The molecule has 1 unspecified atom stereocenters. The molecule has 0 saturated heterocycles. The number of nitrogens with zero attached hydrogens (tertiary/aromatic N) is 2. The first-order valence-corrected chi connectivity index (χ1v) is 13.1. The summed E-state index contributed by atoms with van der Waals surface area (Å²) < 4.78 is 10.5. The number of rotatable bonds is 13. The summed E-state index contributed by atoms with van der Waals surface area (Å²) in [6.45, 7) is 7.25. The topological polar surface area (TPSA) is 62.2 Å².